The van der Waals surface area contributed by atoms with Gasteiger partial charge in [-0.2, -0.15) is 0 Å². The van der Waals surface area contributed by atoms with Crippen LogP contribution in [0, 0.1) is 0 Å². The summed E-state index contributed by atoms with van der Waals surface area (Å²) >= 11 is 1.20. The second-order valence-corrected chi connectivity index (χ2v) is 6.57. The first kappa shape index (κ1) is 16.9. The third-order valence-corrected chi connectivity index (χ3v) is 4.62. The van der Waals surface area contributed by atoms with Crippen LogP contribution in [-0.2, 0) is 0 Å². The third kappa shape index (κ3) is 3.61. The minimum absolute atomic E-state index is 0.0759. The fraction of sp³-hybridized carbons (Fsp3) is 0.100. The normalized spacial score (nSPS) is 10.3. The summed E-state index contributed by atoms with van der Waals surface area (Å²) in [6.45, 7) is 0. The average molecular weight is 350 g/mol. The molecule has 0 spiro atoms. The van der Waals surface area contributed by atoms with Crippen molar-refractivity contribution in [3.63, 3.8) is 0 Å². The maximum atomic E-state index is 12.1. The SMILES string of the molecule is CN(C)C(=O)c1scc(N=C(c2ccccc2)c2ccccc2)c1O. The summed E-state index contributed by atoms with van der Waals surface area (Å²) in [6, 6.07) is 19.6. The Morgan fingerprint density at radius 3 is 1.96 bits per heavy atom. The molecule has 3 rings (SSSR count). The number of aromatic hydroxyl groups is 1. The van der Waals surface area contributed by atoms with Gasteiger partial charge >= 0.3 is 0 Å². The van der Waals surface area contributed by atoms with E-state index >= 15 is 0 Å². The second-order valence-electron chi connectivity index (χ2n) is 5.69. The molecule has 0 aliphatic heterocycles. The lowest BCUT2D eigenvalue weighted by Crippen LogP contribution is -2.20. The molecule has 126 valence electrons. The van der Waals surface area contributed by atoms with Crippen LogP contribution in [0.1, 0.15) is 20.8 Å². The van der Waals surface area contributed by atoms with Gasteiger partial charge in [0.15, 0.2) is 5.75 Å². The Hall–Kier alpha value is -2.92. The summed E-state index contributed by atoms with van der Waals surface area (Å²) in [4.78, 5) is 18.5. The first-order valence-electron chi connectivity index (χ1n) is 7.79. The van der Waals surface area contributed by atoms with Crippen molar-refractivity contribution in [2.75, 3.05) is 14.1 Å². The molecule has 0 aliphatic carbocycles. The van der Waals surface area contributed by atoms with E-state index in [1.54, 1.807) is 19.5 Å². The lowest BCUT2D eigenvalue weighted by molar-refractivity contribution is 0.0829. The predicted octanol–water partition coefficient (Wildman–Crippen LogP) is 4.32. The predicted molar refractivity (Wildman–Crippen MR) is 102 cm³/mol. The highest BCUT2D eigenvalue weighted by Gasteiger charge is 2.19. The van der Waals surface area contributed by atoms with Crippen LogP contribution >= 0.6 is 11.3 Å². The standard InChI is InChI=1S/C20H18N2O2S/c1-22(2)20(24)19-18(23)16(13-25-19)21-17(14-9-5-3-6-10-14)15-11-7-4-8-12-15/h3-13,23H,1-2H3. The fourth-order valence-corrected chi connectivity index (χ4v) is 3.28. The van der Waals surface area contributed by atoms with E-state index in [0.29, 0.717) is 10.6 Å². The Balaban J connectivity index is 2.10. The number of hydrogen-bond donors (Lipinski definition) is 1. The zero-order chi connectivity index (χ0) is 17.8. The molecule has 0 unspecified atom stereocenters. The van der Waals surface area contributed by atoms with Crippen LogP contribution < -0.4 is 0 Å². The van der Waals surface area contributed by atoms with Crippen molar-refractivity contribution in [3.8, 4) is 5.75 Å². The van der Waals surface area contributed by atoms with Crippen molar-refractivity contribution in [1.29, 1.82) is 0 Å². The van der Waals surface area contributed by atoms with E-state index in [2.05, 4.69) is 4.99 Å². The number of carbonyl (C=O) groups excluding carboxylic acids is 1. The lowest BCUT2D eigenvalue weighted by Gasteiger charge is -2.09. The second kappa shape index (κ2) is 7.32. The van der Waals surface area contributed by atoms with E-state index in [9.17, 15) is 9.90 Å². The van der Waals surface area contributed by atoms with Crippen molar-refractivity contribution < 1.29 is 9.90 Å². The molecule has 1 heterocycles. The van der Waals surface area contributed by atoms with Gasteiger partial charge < -0.3 is 10.0 Å². The number of nitrogens with zero attached hydrogens (tertiary/aromatic N) is 2. The maximum Gasteiger partial charge on any atom is 0.267 e. The number of hydrogen-bond acceptors (Lipinski definition) is 4. The molecular weight excluding hydrogens is 332 g/mol. The zero-order valence-electron chi connectivity index (χ0n) is 14.0. The summed E-state index contributed by atoms with van der Waals surface area (Å²) in [5.74, 6) is -0.307. The Kier molecular flexibility index (Phi) is 4.95. The van der Waals surface area contributed by atoms with E-state index in [0.717, 1.165) is 16.8 Å². The lowest BCUT2D eigenvalue weighted by atomic mass is 10.0. The molecule has 0 saturated heterocycles. The molecule has 3 aromatic rings. The topological polar surface area (TPSA) is 52.9 Å². The number of thiophene rings is 1. The number of carbonyl (C=O) groups is 1. The molecule has 1 aromatic heterocycles. The van der Waals surface area contributed by atoms with Gasteiger partial charge in [-0.25, -0.2) is 4.99 Å². The Morgan fingerprint density at radius 1 is 0.960 bits per heavy atom. The van der Waals surface area contributed by atoms with Crippen LogP contribution in [0.25, 0.3) is 0 Å². The molecule has 1 N–H and O–H groups in total. The molecule has 5 heteroatoms. The van der Waals surface area contributed by atoms with Gasteiger partial charge in [-0.3, -0.25) is 4.79 Å². The van der Waals surface area contributed by atoms with E-state index in [1.807, 2.05) is 60.7 Å². The van der Waals surface area contributed by atoms with Crippen molar-refractivity contribution in [3.05, 3.63) is 82.0 Å². The minimum atomic E-state index is -0.232. The number of rotatable bonds is 4. The smallest absolute Gasteiger partial charge is 0.267 e. The number of aliphatic imine (C=N–C) groups is 1. The molecule has 2 aromatic carbocycles. The molecule has 0 atom stereocenters. The average Bonchev–Trinajstić information content (AvgIpc) is 3.00. The third-order valence-electron chi connectivity index (χ3n) is 3.67. The molecule has 0 bridgehead atoms. The first-order chi connectivity index (χ1) is 12.1. The van der Waals surface area contributed by atoms with Gasteiger partial charge in [0, 0.05) is 30.6 Å². The van der Waals surface area contributed by atoms with Gasteiger partial charge in [0.25, 0.3) is 5.91 Å². The zero-order valence-corrected chi connectivity index (χ0v) is 14.8. The summed E-state index contributed by atoms with van der Waals surface area (Å²) in [7, 11) is 3.31. The van der Waals surface area contributed by atoms with E-state index in [4.69, 9.17) is 0 Å². The Labute approximate surface area is 150 Å². The van der Waals surface area contributed by atoms with Crippen LogP contribution in [0.2, 0.25) is 0 Å². The summed E-state index contributed by atoms with van der Waals surface area (Å²) in [5.41, 5.74) is 3.04. The largest absolute Gasteiger partial charge is 0.504 e. The Morgan fingerprint density at radius 2 is 1.48 bits per heavy atom. The van der Waals surface area contributed by atoms with Crippen molar-refractivity contribution in [2.24, 2.45) is 4.99 Å². The molecule has 0 radical (unpaired) electrons. The van der Waals surface area contributed by atoms with Crippen molar-refractivity contribution in [2.45, 2.75) is 0 Å². The molecule has 25 heavy (non-hydrogen) atoms. The van der Waals surface area contributed by atoms with Gasteiger partial charge in [-0.05, 0) is 0 Å². The van der Waals surface area contributed by atoms with Gasteiger partial charge in [0.1, 0.15) is 10.6 Å². The van der Waals surface area contributed by atoms with E-state index < -0.39 is 0 Å². The summed E-state index contributed by atoms with van der Waals surface area (Å²) < 4.78 is 0. The molecule has 0 fully saturated rings. The van der Waals surface area contributed by atoms with Crippen molar-refractivity contribution in [1.82, 2.24) is 4.90 Å². The summed E-state index contributed by atoms with van der Waals surface area (Å²) in [6.07, 6.45) is 0. The van der Waals surface area contributed by atoms with Crippen LogP contribution in [0.3, 0.4) is 0 Å². The molecule has 0 saturated carbocycles. The molecule has 0 aliphatic rings. The van der Waals surface area contributed by atoms with E-state index in [1.165, 1.54) is 16.2 Å². The Bertz CT molecular complexity index is 858. The molecule has 1 amide bonds. The van der Waals surface area contributed by atoms with Gasteiger partial charge in [0.05, 0.1) is 5.71 Å². The first-order valence-corrected chi connectivity index (χ1v) is 8.67. The highest BCUT2D eigenvalue weighted by Crippen LogP contribution is 2.37. The fourth-order valence-electron chi connectivity index (χ4n) is 2.39. The van der Waals surface area contributed by atoms with Crippen LogP contribution in [0.15, 0.2) is 71.0 Å². The van der Waals surface area contributed by atoms with Gasteiger partial charge in [0.2, 0.25) is 0 Å². The van der Waals surface area contributed by atoms with E-state index in [-0.39, 0.29) is 11.7 Å². The maximum absolute atomic E-state index is 12.1. The molecule has 4 nitrogen and oxygen atoms in total. The highest BCUT2D eigenvalue weighted by atomic mass is 32.1. The van der Waals surface area contributed by atoms with Crippen LogP contribution in [-0.4, -0.2) is 35.7 Å². The summed E-state index contributed by atoms with van der Waals surface area (Å²) in [5, 5.41) is 12.2. The molecular formula is C20H18N2O2S. The number of amides is 1. The van der Waals surface area contributed by atoms with Gasteiger partial charge in [-0.15, -0.1) is 11.3 Å². The monoisotopic (exact) mass is 350 g/mol. The highest BCUT2D eigenvalue weighted by molar-refractivity contribution is 7.13. The number of benzene rings is 2. The van der Waals surface area contributed by atoms with Crippen LogP contribution in [0.4, 0.5) is 5.69 Å². The minimum Gasteiger partial charge on any atom is -0.504 e. The quantitative estimate of drug-likeness (QED) is 0.712. The van der Waals surface area contributed by atoms with Gasteiger partial charge in [-0.1, -0.05) is 60.7 Å². The van der Waals surface area contributed by atoms with Crippen LogP contribution in [0.5, 0.6) is 5.75 Å². The van der Waals surface area contributed by atoms with Crippen molar-refractivity contribution >= 4 is 28.6 Å².